The van der Waals surface area contributed by atoms with Gasteiger partial charge >= 0.3 is 0 Å². The summed E-state index contributed by atoms with van der Waals surface area (Å²) in [6.07, 6.45) is 1.04. The monoisotopic (exact) mass is 300 g/mol. The fourth-order valence-corrected chi connectivity index (χ4v) is 2.99. The number of ether oxygens (including phenoxy) is 1. The van der Waals surface area contributed by atoms with Crippen molar-refractivity contribution < 1.29 is 4.74 Å². The molecule has 2 aromatic rings. The Hall–Kier alpha value is -1.83. The van der Waals surface area contributed by atoms with Gasteiger partial charge in [-0.25, -0.2) is 0 Å². The Morgan fingerprint density at radius 3 is 2.62 bits per heavy atom. The summed E-state index contributed by atoms with van der Waals surface area (Å²) in [7, 11) is 0. The van der Waals surface area contributed by atoms with Gasteiger partial charge in [0.25, 0.3) is 0 Å². The van der Waals surface area contributed by atoms with Gasteiger partial charge in [-0.2, -0.15) is 16.6 Å². The first-order chi connectivity index (χ1) is 10.2. The highest BCUT2D eigenvalue weighted by Gasteiger charge is 2.10. The Morgan fingerprint density at radius 1 is 1.24 bits per heavy atom. The van der Waals surface area contributed by atoms with Gasteiger partial charge in [0.15, 0.2) is 6.61 Å². The minimum Gasteiger partial charge on any atom is -0.479 e. The summed E-state index contributed by atoms with van der Waals surface area (Å²) in [5.41, 5.74) is 2.60. The van der Waals surface area contributed by atoms with Crippen molar-refractivity contribution in [1.82, 2.24) is 5.32 Å². The summed E-state index contributed by atoms with van der Waals surface area (Å²) in [4.78, 5) is 0. The highest BCUT2D eigenvalue weighted by atomic mass is 32.1. The van der Waals surface area contributed by atoms with Gasteiger partial charge < -0.3 is 10.1 Å². The van der Waals surface area contributed by atoms with Crippen LogP contribution in [0.2, 0.25) is 0 Å². The van der Waals surface area contributed by atoms with Crippen LogP contribution in [0.5, 0.6) is 5.75 Å². The third kappa shape index (κ3) is 4.89. The lowest BCUT2D eigenvalue weighted by Crippen LogP contribution is -2.30. The molecule has 0 fully saturated rings. The Kier molecular flexibility index (Phi) is 5.79. The molecule has 3 nitrogen and oxygen atoms in total. The number of hydrogen-bond acceptors (Lipinski definition) is 4. The lowest BCUT2D eigenvalue weighted by molar-refractivity contribution is 0.368. The van der Waals surface area contributed by atoms with Crippen molar-refractivity contribution in [1.29, 1.82) is 5.26 Å². The van der Waals surface area contributed by atoms with Gasteiger partial charge in [0.1, 0.15) is 11.8 Å². The van der Waals surface area contributed by atoms with Crippen molar-refractivity contribution in [3.63, 3.8) is 0 Å². The molecule has 21 heavy (non-hydrogen) atoms. The fraction of sp³-hybridized carbons (Fsp3) is 0.353. The van der Waals surface area contributed by atoms with E-state index in [1.54, 1.807) is 11.3 Å². The first kappa shape index (κ1) is 15.6. The van der Waals surface area contributed by atoms with E-state index >= 15 is 0 Å². The molecule has 0 amide bonds. The summed E-state index contributed by atoms with van der Waals surface area (Å²) < 4.78 is 5.26. The van der Waals surface area contributed by atoms with Gasteiger partial charge in [-0.3, -0.25) is 0 Å². The molecule has 1 aromatic heterocycles. The zero-order valence-electron chi connectivity index (χ0n) is 12.4. The van der Waals surface area contributed by atoms with Crippen molar-refractivity contribution in [2.45, 2.75) is 32.4 Å². The van der Waals surface area contributed by atoms with Crippen molar-refractivity contribution in [3.8, 4) is 11.8 Å². The predicted octanol–water partition coefficient (Wildman–Crippen LogP) is 3.93. The van der Waals surface area contributed by atoms with Crippen molar-refractivity contribution in [3.05, 3.63) is 52.2 Å². The van der Waals surface area contributed by atoms with E-state index in [2.05, 4.69) is 36.0 Å². The zero-order chi connectivity index (χ0) is 15.1. The van der Waals surface area contributed by atoms with Gasteiger partial charge in [-0.15, -0.1) is 0 Å². The van der Waals surface area contributed by atoms with Crippen LogP contribution in [-0.4, -0.2) is 12.6 Å². The van der Waals surface area contributed by atoms with Crippen LogP contribution in [0, 0.1) is 11.3 Å². The second-order valence-electron chi connectivity index (χ2n) is 5.14. The minimum absolute atomic E-state index is 0.0881. The molecule has 0 radical (unpaired) electrons. The van der Waals surface area contributed by atoms with Gasteiger partial charge in [0, 0.05) is 12.1 Å². The second-order valence-corrected chi connectivity index (χ2v) is 5.92. The maximum absolute atomic E-state index is 8.49. The smallest absolute Gasteiger partial charge is 0.174 e. The first-order valence-electron chi connectivity index (χ1n) is 7.06. The van der Waals surface area contributed by atoms with Crippen LogP contribution in [0.1, 0.15) is 31.0 Å². The highest BCUT2D eigenvalue weighted by molar-refractivity contribution is 7.07. The Balaban J connectivity index is 1.87. The quantitative estimate of drug-likeness (QED) is 0.842. The normalized spacial score (nSPS) is 13.4. The molecule has 2 unspecified atom stereocenters. The van der Waals surface area contributed by atoms with E-state index in [-0.39, 0.29) is 12.6 Å². The molecule has 1 aromatic carbocycles. The Labute approximate surface area is 130 Å². The van der Waals surface area contributed by atoms with Crippen LogP contribution >= 0.6 is 11.3 Å². The van der Waals surface area contributed by atoms with Crippen molar-refractivity contribution in [2.75, 3.05) is 6.61 Å². The van der Waals surface area contributed by atoms with Crippen LogP contribution in [0.3, 0.4) is 0 Å². The number of nitrogens with one attached hydrogen (secondary N) is 1. The number of hydrogen-bond donors (Lipinski definition) is 1. The van der Waals surface area contributed by atoms with E-state index in [0.717, 1.165) is 12.2 Å². The van der Waals surface area contributed by atoms with Gasteiger partial charge in [-0.05, 0) is 60.4 Å². The molecule has 4 heteroatoms. The maximum Gasteiger partial charge on any atom is 0.174 e. The first-order valence-corrected chi connectivity index (χ1v) is 8.00. The number of rotatable bonds is 7. The van der Waals surface area contributed by atoms with Crippen LogP contribution in [0.4, 0.5) is 0 Å². The highest BCUT2D eigenvalue weighted by Crippen LogP contribution is 2.19. The molecule has 1 N–H and O–H groups in total. The minimum atomic E-state index is 0.0881. The summed E-state index contributed by atoms with van der Waals surface area (Å²) in [5, 5.41) is 16.4. The fourth-order valence-electron chi connectivity index (χ4n) is 2.31. The average Bonchev–Trinajstić information content (AvgIpc) is 2.98. The molecule has 110 valence electrons. The third-order valence-corrected chi connectivity index (χ3v) is 4.07. The zero-order valence-corrected chi connectivity index (χ0v) is 13.2. The molecule has 1 heterocycles. The standard InChI is InChI=1S/C17H20N2OS/c1-13(11-15-7-10-21-12-15)19-14(2)16-3-5-17(6-4-16)20-9-8-18/h3-7,10,12-14,19H,9,11H2,1-2H3. The van der Waals surface area contributed by atoms with Crippen LogP contribution < -0.4 is 10.1 Å². The summed E-state index contributed by atoms with van der Waals surface area (Å²) in [6, 6.07) is 12.8. The van der Waals surface area contributed by atoms with Crippen LogP contribution in [-0.2, 0) is 6.42 Å². The number of benzene rings is 1. The topological polar surface area (TPSA) is 45.0 Å². The molecule has 2 atom stereocenters. The molecule has 0 saturated carbocycles. The van der Waals surface area contributed by atoms with Gasteiger partial charge in [0.05, 0.1) is 0 Å². The van der Waals surface area contributed by atoms with E-state index in [1.807, 2.05) is 30.3 Å². The maximum atomic E-state index is 8.49. The third-order valence-electron chi connectivity index (χ3n) is 3.34. The van der Waals surface area contributed by atoms with E-state index in [4.69, 9.17) is 10.00 Å². The average molecular weight is 300 g/mol. The molecule has 0 bridgehead atoms. The largest absolute Gasteiger partial charge is 0.479 e. The molecule has 2 rings (SSSR count). The van der Waals surface area contributed by atoms with Crippen molar-refractivity contribution >= 4 is 11.3 Å². The van der Waals surface area contributed by atoms with Crippen LogP contribution in [0.15, 0.2) is 41.1 Å². The summed E-state index contributed by atoms with van der Waals surface area (Å²) >= 11 is 1.74. The predicted molar refractivity (Wildman–Crippen MR) is 86.6 cm³/mol. The molecular weight excluding hydrogens is 280 g/mol. The van der Waals surface area contributed by atoms with E-state index in [0.29, 0.717) is 6.04 Å². The summed E-state index contributed by atoms with van der Waals surface area (Å²) in [6.45, 7) is 4.46. The summed E-state index contributed by atoms with van der Waals surface area (Å²) in [5.74, 6) is 0.735. The SMILES string of the molecule is CC(Cc1ccsc1)NC(C)c1ccc(OCC#N)cc1. The van der Waals surface area contributed by atoms with Crippen LogP contribution in [0.25, 0.3) is 0 Å². The number of nitrogens with zero attached hydrogens (tertiary/aromatic N) is 1. The van der Waals surface area contributed by atoms with E-state index in [9.17, 15) is 0 Å². The second kappa shape index (κ2) is 7.82. The molecule has 0 aliphatic heterocycles. The number of nitriles is 1. The molecule has 0 aliphatic rings. The lowest BCUT2D eigenvalue weighted by atomic mass is 10.1. The van der Waals surface area contributed by atoms with Gasteiger partial charge in [0.2, 0.25) is 0 Å². The molecule has 0 spiro atoms. The van der Waals surface area contributed by atoms with E-state index in [1.165, 1.54) is 11.1 Å². The molecule has 0 saturated heterocycles. The van der Waals surface area contributed by atoms with Gasteiger partial charge in [-0.1, -0.05) is 12.1 Å². The Morgan fingerprint density at radius 2 is 2.00 bits per heavy atom. The van der Waals surface area contributed by atoms with E-state index < -0.39 is 0 Å². The number of thiophene rings is 1. The lowest BCUT2D eigenvalue weighted by Gasteiger charge is -2.20. The Bertz CT molecular complexity index is 572. The molecular formula is C17H20N2OS. The van der Waals surface area contributed by atoms with Crippen molar-refractivity contribution in [2.24, 2.45) is 0 Å². The molecule has 0 aliphatic carbocycles.